The van der Waals surface area contributed by atoms with Crippen LogP contribution in [-0.2, 0) is 0 Å². The molecule has 0 fully saturated rings. The molecule has 0 atom stereocenters. The Morgan fingerprint density at radius 2 is 2.20 bits per heavy atom. The molecule has 0 aliphatic carbocycles. The van der Waals surface area contributed by atoms with E-state index >= 15 is 0 Å². The number of nitrogens with zero attached hydrogens (tertiary/aromatic N) is 1. The third-order valence-electron chi connectivity index (χ3n) is 1.76. The summed E-state index contributed by atoms with van der Waals surface area (Å²) in [7, 11) is 0. The Hall–Kier alpha value is -1.89. The Morgan fingerprint density at radius 1 is 1.53 bits per heavy atom. The van der Waals surface area contributed by atoms with Crippen molar-refractivity contribution in [3.05, 3.63) is 35.1 Å². The van der Waals surface area contributed by atoms with Crippen LogP contribution in [0.5, 0.6) is 0 Å². The molecule has 0 spiro atoms. The van der Waals surface area contributed by atoms with Gasteiger partial charge >= 0.3 is 0 Å². The predicted molar refractivity (Wildman–Crippen MR) is 53.7 cm³/mol. The molecule has 78 valence electrons. The molecule has 0 radical (unpaired) electrons. The molecular weight excluding hydrogens is 195 g/mol. The molecule has 0 aromatic heterocycles. The Kier molecular flexibility index (Phi) is 3.40. The smallest absolute Gasteiger partial charge is 0.254 e. The standard InChI is InChI=1S/C11H11FN2O/c1-7(2)14-11(15)9-5-8(6-13)3-4-10(9)12/h3-5,7H,1-2H3,(H,14,15). The van der Waals surface area contributed by atoms with Crippen molar-refractivity contribution in [2.45, 2.75) is 19.9 Å². The molecule has 0 aliphatic heterocycles. The average Bonchev–Trinajstić information content (AvgIpc) is 2.17. The van der Waals surface area contributed by atoms with Crippen molar-refractivity contribution in [1.29, 1.82) is 5.26 Å². The van der Waals surface area contributed by atoms with Crippen LogP contribution in [0.25, 0.3) is 0 Å². The van der Waals surface area contributed by atoms with Gasteiger partial charge in [0.15, 0.2) is 0 Å². The normalized spacial score (nSPS) is 9.80. The maximum Gasteiger partial charge on any atom is 0.254 e. The monoisotopic (exact) mass is 206 g/mol. The number of nitrogens with one attached hydrogen (secondary N) is 1. The lowest BCUT2D eigenvalue weighted by Crippen LogP contribution is -2.30. The summed E-state index contributed by atoms with van der Waals surface area (Å²) in [6, 6.07) is 5.49. The Balaban J connectivity index is 3.03. The van der Waals surface area contributed by atoms with Crippen LogP contribution in [0.1, 0.15) is 29.8 Å². The van der Waals surface area contributed by atoms with Gasteiger partial charge < -0.3 is 5.32 Å². The Labute approximate surface area is 87.5 Å². The molecule has 0 saturated carbocycles. The van der Waals surface area contributed by atoms with Gasteiger partial charge in [0.25, 0.3) is 5.91 Å². The molecule has 1 amide bonds. The van der Waals surface area contributed by atoms with Crippen molar-refractivity contribution in [3.8, 4) is 6.07 Å². The number of amides is 1. The van der Waals surface area contributed by atoms with E-state index in [1.807, 2.05) is 6.07 Å². The van der Waals surface area contributed by atoms with Gasteiger partial charge in [-0.25, -0.2) is 4.39 Å². The fraction of sp³-hybridized carbons (Fsp3) is 0.273. The highest BCUT2D eigenvalue weighted by Gasteiger charge is 2.12. The summed E-state index contributed by atoms with van der Waals surface area (Å²) in [4.78, 5) is 11.5. The number of carbonyl (C=O) groups is 1. The minimum absolute atomic E-state index is 0.0670. The number of benzene rings is 1. The predicted octanol–water partition coefficient (Wildman–Crippen LogP) is 1.84. The van der Waals surface area contributed by atoms with E-state index in [9.17, 15) is 9.18 Å². The molecule has 4 heteroatoms. The zero-order valence-electron chi connectivity index (χ0n) is 8.54. The van der Waals surface area contributed by atoms with Crippen molar-refractivity contribution in [2.24, 2.45) is 0 Å². The number of hydrogen-bond donors (Lipinski definition) is 1. The molecule has 0 unspecified atom stereocenters. The molecule has 1 rings (SSSR count). The second-order valence-electron chi connectivity index (χ2n) is 3.43. The van der Waals surface area contributed by atoms with E-state index < -0.39 is 11.7 Å². The first-order valence-electron chi connectivity index (χ1n) is 4.55. The highest BCUT2D eigenvalue weighted by molar-refractivity contribution is 5.94. The molecular formula is C11H11FN2O. The van der Waals surface area contributed by atoms with Crippen molar-refractivity contribution in [3.63, 3.8) is 0 Å². The van der Waals surface area contributed by atoms with Crippen molar-refractivity contribution in [1.82, 2.24) is 5.32 Å². The summed E-state index contributed by atoms with van der Waals surface area (Å²) in [5.74, 6) is -1.12. The SMILES string of the molecule is CC(C)NC(=O)c1cc(C#N)ccc1F. The quantitative estimate of drug-likeness (QED) is 0.802. The van der Waals surface area contributed by atoms with Gasteiger partial charge in [-0.3, -0.25) is 4.79 Å². The fourth-order valence-electron chi connectivity index (χ4n) is 1.11. The van der Waals surface area contributed by atoms with Gasteiger partial charge in [0.2, 0.25) is 0 Å². The minimum Gasteiger partial charge on any atom is -0.350 e. The highest BCUT2D eigenvalue weighted by Crippen LogP contribution is 2.10. The fourth-order valence-corrected chi connectivity index (χ4v) is 1.11. The molecule has 15 heavy (non-hydrogen) atoms. The first-order valence-corrected chi connectivity index (χ1v) is 4.55. The van der Waals surface area contributed by atoms with Crippen LogP contribution in [0.4, 0.5) is 4.39 Å². The van der Waals surface area contributed by atoms with Gasteiger partial charge in [-0.05, 0) is 32.0 Å². The summed E-state index contributed by atoms with van der Waals surface area (Å²) in [6.45, 7) is 3.56. The maximum absolute atomic E-state index is 13.2. The molecule has 3 nitrogen and oxygen atoms in total. The van der Waals surface area contributed by atoms with E-state index in [1.54, 1.807) is 13.8 Å². The first-order chi connectivity index (χ1) is 7.04. The van der Waals surface area contributed by atoms with Crippen LogP contribution in [0, 0.1) is 17.1 Å². The van der Waals surface area contributed by atoms with Gasteiger partial charge in [-0.15, -0.1) is 0 Å². The van der Waals surface area contributed by atoms with Crippen LogP contribution in [0.2, 0.25) is 0 Å². The van der Waals surface area contributed by atoms with Crippen LogP contribution >= 0.6 is 0 Å². The Bertz CT molecular complexity index is 421. The molecule has 1 aromatic rings. The molecule has 0 bridgehead atoms. The number of carbonyl (C=O) groups excluding carboxylic acids is 1. The summed E-state index contributed by atoms with van der Waals surface area (Å²) in [5.41, 5.74) is 0.174. The Morgan fingerprint density at radius 3 is 2.73 bits per heavy atom. The third kappa shape index (κ3) is 2.78. The summed E-state index contributed by atoms with van der Waals surface area (Å²) in [6.07, 6.45) is 0. The maximum atomic E-state index is 13.2. The van der Waals surface area contributed by atoms with E-state index in [-0.39, 0.29) is 17.2 Å². The van der Waals surface area contributed by atoms with E-state index in [0.29, 0.717) is 0 Å². The lowest BCUT2D eigenvalue weighted by molar-refractivity contribution is 0.0939. The average molecular weight is 206 g/mol. The topological polar surface area (TPSA) is 52.9 Å². The summed E-state index contributed by atoms with van der Waals surface area (Å²) < 4.78 is 13.2. The van der Waals surface area contributed by atoms with Crippen molar-refractivity contribution < 1.29 is 9.18 Å². The number of halogens is 1. The zero-order chi connectivity index (χ0) is 11.4. The molecule has 0 saturated heterocycles. The highest BCUT2D eigenvalue weighted by atomic mass is 19.1. The second kappa shape index (κ2) is 4.56. The van der Waals surface area contributed by atoms with Crippen LogP contribution in [-0.4, -0.2) is 11.9 Å². The number of nitriles is 1. The number of rotatable bonds is 2. The van der Waals surface area contributed by atoms with Gasteiger partial charge in [0.1, 0.15) is 5.82 Å². The van der Waals surface area contributed by atoms with Crippen molar-refractivity contribution in [2.75, 3.05) is 0 Å². The van der Waals surface area contributed by atoms with Crippen LogP contribution in [0.15, 0.2) is 18.2 Å². The van der Waals surface area contributed by atoms with Gasteiger partial charge in [0.05, 0.1) is 17.2 Å². The third-order valence-corrected chi connectivity index (χ3v) is 1.76. The first kappa shape index (κ1) is 11.2. The molecule has 1 aromatic carbocycles. The van der Waals surface area contributed by atoms with Crippen LogP contribution in [0.3, 0.4) is 0 Å². The molecule has 0 aliphatic rings. The summed E-state index contributed by atoms with van der Waals surface area (Å²) >= 11 is 0. The van der Waals surface area contributed by atoms with E-state index in [2.05, 4.69) is 5.32 Å². The minimum atomic E-state index is -0.618. The number of hydrogen-bond acceptors (Lipinski definition) is 2. The van der Waals surface area contributed by atoms with Gasteiger partial charge in [0, 0.05) is 6.04 Å². The molecule has 1 N–H and O–H groups in total. The van der Waals surface area contributed by atoms with Crippen LogP contribution < -0.4 is 5.32 Å². The van der Waals surface area contributed by atoms with Crippen molar-refractivity contribution >= 4 is 5.91 Å². The van der Waals surface area contributed by atoms with E-state index in [4.69, 9.17) is 5.26 Å². The van der Waals surface area contributed by atoms with Gasteiger partial charge in [-0.1, -0.05) is 0 Å². The second-order valence-corrected chi connectivity index (χ2v) is 3.43. The lowest BCUT2D eigenvalue weighted by atomic mass is 10.1. The summed E-state index contributed by atoms with van der Waals surface area (Å²) in [5, 5.41) is 11.2. The van der Waals surface area contributed by atoms with E-state index in [0.717, 1.165) is 6.07 Å². The van der Waals surface area contributed by atoms with E-state index in [1.165, 1.54) is 12.1 Å². The lowest BCUT2D eigenvalue weighted by Gasteiger charge is -2.08. The zero-order valence-corrected chi connectivity index (χ0v) is 8.54. The largest absolute Gasteiger partial charge is 0.350 e. The molecule has 0 heterocycles. The van der Waals surface area contributed by atoms with Gasteiger partial charge in [-0.2, -0.15) is 5.26 Å².